The normalized spacial score (nSPS) is 10.5. The van der Waals surface area contributed by atoms with Gasteiger partial charge in [0.25, 0.3) is 5.91 Å². The van der Waals surface area contributed by atoms with Crippen molar-refractivity contribution in [2.45, 2.75) is 6.54 Å². The van der Waals surface area contributed by atoms with E-state index in [-0.39, 0.29) is 5.91 Å². The Kier molecular flexibility index (Phi) is 4.20. The molecule has 3 rings (SSSR count). The van der Waals surface area contributed by atoms with E-state index < -0.39 is 0 Å². The molecule has 21 heavy (non-hydrogen) atoms. The molecule has 0 saturated carbocycles. The van der Waals surface area contributed by atoms with Crippen LogP contribution in [0.2, 0.25) is 0 Å². The van der Waals surface area contributed by atoms with E-state index in [2.05, 4.69) is 52.2 Å². The minimum Gasteiger partial charge on any atom is -0.348 e. The zero-order valence-electron chi connectivity index (χ0n) is 11.3. The van der Waals surface area contributed by atoms with Gasteiger partial charge in [-0.3, -0.25) is 4.79 Å². The van der Waals surface area contributed by atoms with Gasteiger partial charge < -0.3 is 5.32 Å². The fraction of sp³-hybridized carbons (Fsp3) is 0.0556. The molecular weight excluding hydrogens is 373 g/mol. The van der Waals surface area contributed by atoms with Crippen molar-refractivity contribution in [3.8, 4) is 0 Å². The van der Waals surface area contributed by atoms with Crippen molar-refractivity contribution < 1.29 is 4.79 Å². The van der Waals surface area contributed by atoms with Gasteiger partial charge in [-0.15, -0.1) is 0 Å². The maximum Gasteiger partial charge on any atom is 0.251 e. The smallest absolute Gasteiger partial charge is 0.251 e. The first kappa shape index (κ1) is 14.1. The van der Waals surface area contributed by atoms with Gasteiger partial charge in [0.1, 0.15) is 0 Å². The summed E-state index contributed by atoms with van der Waals surface area (Å²) >= 11 is 2.23. The van der Waals surface area contributed by atoms with E-state index in [1.54, 1.807) is 0 Å². The van der Waals surface area contributed by atoms with Gasteiger partial charge in [0.15, 0.2) is 0 Å². The molecule has 0 atom stereocenters. The molecule has 104 valence electrons. The van der Waals surface area contributed by atoms with Crippen LogP contribution in [0, 0.1) is 3.57 Å². The van der Waals surface area contributed by atoms with Crippen LogP contribution in [-0.4, -0.2) is 5.91 Å². The van der Waals surface area contributed by atoms with Crippen LogP contribution < -0.4 is 5.32 Å². The van der Waals surface area contributed by atoms with Crippen LogP contribution in [0.5, 0.6) is 0 Å². The third kappa shape index (κ3) is 3.24. The predicted octanol–water partition coefficient (Wildman–Crippen LogP) is 4.37. The number of fused-ring (bicyclic) bond motifs is 1. The second-order valence-electron chi connectivity index (χ2n) is 4.83. The van der Waals surface area contributed by atoms with Crippen LogP contribution in [0.4, 0.5) is 0 Å². The van der Waals surface area contributed by atoms with Crippen LogP contribution >= 0.6 is 22.6 Å². The first-order valence-electron chi connectivity index (χ1n) is 6.74. The average Bonchev–Trinajstić information content (AvgIpc) is 2.53. The Morgan fingerprint density at radius 3 is 2.43 bits per heavy atom. The lowest BCUT2D eigenvalue weighted by molar-refractivity contribution is 0.0951. The molecule has 0 aromatic heterocycles. The van der Waals surface area contributed by atoms with Crippen LogP contribution in [0.3, 0.4) is 0 Å². The quantitative estimate of drug-likeness (QED) is 0.665. The Morgan fingerprint density at radius 2 is 1.62 bits per heavy atom. The zero-order valence-corrected chi connectivity index (χ0v) is 13.5. The highest BCUT2D eigenvalue weighted by molar-refractivity contribution is 14.1. The van der Waals surface area contributed by atoms with Gasteiger partial charge in [0, 0.05) is 15.7 Å². The highest BCUT2D eigenvalue weighted by Crippen LogP contribution is 2.18. The fourth-order valence-electron chi connectivity index (χ4n) is 2.33. The highest BCUT2D eigenvalue weighted by atomic mass is 127. The number of hydrogen-bond acceptors (Lipinski definition) is 1. The number of carbonyl (C=O) groups is 1. The summed E-state index contributed by atoms with van der Waals surface area (Å²) in [6.45, 7) is 0.534. The molecule has 3 aromatic rings. The van der Waals surface area contributed by atoms with E-state index in [4.69, 9.17) is 0 Å². The van der Waals surface area contributed by atoms with Crippen molar-refractivity contribution in [3.63, 3.8) is 0 Å². The monoisotopic (exact) mass is 387 g/mol. The molecule has 2 nitrogen and oxygen atoms in total. The van der Waals surface area contributed by atoms with Crippen LogP contribution in [0.1, 0.15) is 15.9 Å². The molecule has 0 bridgehead atoms. The first-order chi connectivity index (χ1) is 10.2. The van der Waals surface area contributed by atoms with Gasteiger partial charge in [0.05, 0.1) is 0 Å². The highest BCUT2D eigenvalue weighted by Gasteiger charge is 2.06. The predicted molar refractivity (Wildman–Crippen MR) is 94.3 cm³/mol. The van der Waals surface area contributed by atoms with Gasteiger partial charge in [-0.25, -0.2) is 0 Å². The van der Waals surface area contributed by atoms with Crippen LogP contribution in [0.15, 0.2) is 66.7 Å². The van der Waals surface area contributed by atoms with E-state index in [9.17, 15) is 4.79 Å². The lowest BCUT2D eigenvalue weighted by atomic mass is 10.0. The second kappa shape index (κ2) is 6.26. The maximum absolute atomic E-state index is 12.2. The van der Waals surface area contributed by atoms with Crippen molar-refractivity contribution in [1.82, 2.24) is 5.32 Å². The number of hydrogen-bond donors (Lipinski definition) is 1. The average molecular weight is 387 g/mol. The molecule has 0 heterocycles. The number of nitrogens with one attached hydrogen (secondary N) is 1. The van der Waals surface area contributed by atoms with E-state index >= 15 is 0 Å². The van der Waals surface area contributed by atoms with E-state index in [1.165, 1.54) is 10.8 Å². The molecule has 0 aliphatic heterocycles. The van der Waals surface area contributed by atoms with Gasteiger partial charge >= 0.3 is 0 Å². The summed E-state index contributed by atoms with van der Waals surface area (Å²) in [5.41, 5.74) is 1.82. The summed E-state index contributed by atoms with van der Waals surface area (Å²) in [6.07, 6.45) is 0. The molecule has 0 spiro atoms. The molecule has 0 radical (unpaired) electrons. The summed E-state index contributed by atoms with van der Waals surface area (Å²) in [7, 11) is 0. The fourth-order valence-corrected chi connectivity index (χ4v) is 2.69. The zero-order chi connectivity index (χ0) is 14.7. The van der Waals surface area contributed by atoms with Crippen LogP contribution in [0.25, 0.3) is 10.8 Å². The SMILES string of the molecule is O=C(NCc1cccc2ccccc12)c1ccc(I)cc1. The van der Waals surface area contributed by atoms with Crippen molar-refractivity contribution in [3.05, 3.63) is 81.4 Å². The molecule has 3 aromatic carbocycles. The molecule has 0 aliphatic rings. The number of rotatable bonds is 3. The summed E-state index contributed by atoms with van der Waals surface area (Å²) in [5, 5.41) is 5.36. The lowest BCUT2D eigenvalue weighted by Crippen LogP contribution is -2.22. The summed E-state index contributed by atoms with van der Waals surface area (Å²) < 4.78 is 1.12. The molecule has 1 amide bonds. The third-order valence-corrected chi connectivity index (χ3v) is 4.14. The Hall–Kier alpha value is -1.88. The first-order valence-corrected chi connectivity index (χ1v) is 7.82. The maximum atomic E-state index is 12.2. The van der Waals surface area contributed by atoms with E-state index in [0.717, 1.165) is 9.13 Å². The van der Waals surface area contributed by atoms with E-state index in [1.807, 2.05) is 42.5 Å². The number of carbonyl (C=O) groups excluding carboxylic acids is 1. The topological polar surface area (TPSA) is 29.1 Å². The molecular formula is C18H14INO. The number of amides is 1. The van der Waals surface area contributed by atoms with Crippen molar-refractivity contribution in [2.75, 3.05) is 0 Å². The summed E-state index contributed by atoms with van der Waals surface area (Å²) in [6, 6.07) is 21.9. The lowest BCUT2D eigenvalue weighted by Gasteiger charge is -2.08. The molecule has 0 unspecified atom stereocenters. The Balaban J connectivity index is 1.77. The Labute approximate surface area is 137 Å². The minimum atomic E-state index is -0.0423. The Morgan fingerprint density at radius 1 is 0.905 bits per heavy atom. The standard InChI is InChI=1S/C18H14INO/c19-16-10-8-14(9-11-16)18(21)20-12-15-6-3-5-13-4-1-2-7-17(13)15/h1-11H,12H2,(H,20,21). The number of benzene rings is 3. The molecule has 3 heteroatoms. The van der Waals surface area contributed by atoms with Crippen molar-refractivity contribution in [2.24, 2.45) is 0 Å². The summed E-state index contributed by atoms with van der Waals surface area (Å²) in [5.74, 6) is -0.0423. The molecule has 0 aliphatic carbocycles. The largest absolute Gasteiger partial charge is 0.348 e. The molecule has 1 N–H and O–H groups in total. The van der Waals surface area contributed by atoms with Gasteiger partial charge in [-0.1, -0.05) is 42.5 Å². The minimum absolute atomic E-state index is 0.0423. The number of halogens is 1. The summed E-state index contributed by atoms with van der Waals surface area (Å²) in [4.78, 5) is 12.2. The van der Waals surface area contributed by atoms with E-state index in [0.29, 0.717) is 12.1 Å². The molecule has 0 fully saturated rings. The van der Waals surface area contributed by atoms with Crippen LogP contribution in [-0.2, 0) is 6.54 Å². The van der Waals surface area contributed by atoms with Gasteiger partial charge in [-0.05, 0) is 63.2 Å². The molecule has 0 saturated heterocycles. The Bertz CT molecular complexity index is 775. The van der Waals surface area contributed by atoms with Gasteiger partial charge in [0.2, 0.25) is 0 Å². The van der Waals surface area contributed by atoms with Crippen molar-refractivity contribution in [1.29, 1.82) is 0 Å². The second-order valence-corrected chi connectivity index (χ2v) is 6.07. The van der Waals surface area contributed by atoms with Crippen molar-refractivity contribution >= 4 is 39.3 Å². The van der Waals surface area contributed by atoms with Gasteiger partial charge in [-0.2, -0.15) is 0 Å². The third-order valence-electron chi connectivity index (χ3n) is 3.43.